The van der Waals surface area contributed by atoms with Gasteiger partial charge in [-0.05, 0) is 0 Å². The Bertz CT molecular complexity index is 667. The van der Waals surface area contributed by atoms with Gasteiger partial charge in [-0.1, -0.05) is 48.5 Å². The molecule has 2 aromatic carbocycles. The first kappa shape index (κ1) is 22.2. The Labute approximate surface area is 161 Å². The molecule has 0 aromatic heterocycles. The second-order valence-corrected chi connectivity index (χ2v) is 4.24. The molecule has 8 nitrogen and oxygen atoms in total. The molecule has 0 saturated heterocycles. The molecular formula is C16H8O8Pb-4. The van der Waals surface area contributed by atoms with Crippen LogP contribution in [0.2, 0.25) is 0 Å². The third-order valence-electron chi connectivity index (χ3n) is 2.73. The molecule has 0 saturated carbocycles. The van der Waals surface area contributed by atoms with E-state index in [1.54, 1.807) is 0 Å². The number of hydrogen-bond donors (Lipinski definition) is 0. The number of carboxylic acids is 4. The van der Waals surface area contributed by atoms with Gasteiger partial charge in [-0.25, -0.2) is 0 Å². The molecule has 0 aliphatic carbocycles. The molecule has 128 valence electrons. The summed E-state index contributed by atoms with van der Waals surface area (Å²) in [7, 11) is 0. The van der Waals surface area contributed by atoms with Gasteiger partial charge in [-0.2, -0.15) is 0 Å². The van der Waals surface area contributed by atoms with Gasteiger partial charge in [0.2, 0.25) is 0 Å². The van der Waals surface area contributed by atoms with Crippen molar-refractivity contribution < 1.29 is 39.6 Å². The largest absolute Gasteiger partial charge is 0.545 e. The van der Waals surface area contributed by atoms with Crippen LogP contribution in [-0.4, -0.2) is 51.2 Å². The summed E-state index contributed by atoms with van der Waals surface area (Å²) in [6.45, 7) is 0. The number of benzene rings is 2. The summed E-state index contributed by atoms with van der Waals surface area (Å²) in [6, 6.07) is 10.3. The summed E-state index contributed by atoms with van der Waals surface area (Å²) in [4.78, 5) is 41.3. The van der Waals surface area contributed by atoms with E-state index in [4.69, 9.17) is 0 Å². The first-order chi connectivity index (χ1) is 11.3. The Kier molecular flexibility index (Phi) is 9.06. The zero-order valence-electron chi connectivity index (χ0n) is 12.4. The molecule has 0 fully saturated rings. The Hall–Kier alpha value is -2.76. The van der Waals surface area contributed by atoms with Crippen LogP contribution in [0.25, 0.3) is 0 Å². The molecule has 0 aliphatic rings. The normalized spacial score (nSPS) is 8.96. The van der Waals surface area contributed by atoms with E-state index in [2.05, 4.69) is 0 Å². The number of carboxylic acid groups (broad SMARTS) is 4. The molecule has 2 aromatic rings. The number of carbonyl (C=O) groups excluding carboxylic acids is 4. The maximum absolute atomic E-state index is 10.3. The van der Waals surface area contributed by atoms with Crippen molar-refractivity contribution >= 4 is 51.2 Å². The van der Waals surface area contributed by atoms with Gasteiger partial charge in [0.05, 0.1) is 23.9 Å². The molecule has 0 N–H and O–H groups in total. The van der Waals surface area contributed by atoms with Crippen molar-refractivity contribution in [2.24, 2.45) is 0 Å². The third kappa shape index (κ3) is 6.33. The van der Waals surface area contributed by atoms with Crippen LogP contribution in [0.5, 0.6) is 0 Å². The molecular weight excluding hydrogens is 527 g/mol. The van der Waals surface area contributed by atoms with E-state index in [9.17, 15) is 39.6 Å². The summed E-state index contributed by atoms with van der Waals surface area (Å²) in [5, 5.41) is 41.3. The quantitative estimate of drug-likeness (QED) is 0.364. The van der Waals surface area contributed by atoms with Crippen molar-refractivity contribution in [3.8, 4) is 0 Å². The fourth-order valence-electron chi connectivity index (χ4n) is 1.68. The van der Waals surface area contributed by atoms with E-state index in [1.807, 2.05) is 0 Å². The molecule has 0 aliphatic heterocycles. The minimum absolute atomic E-state index is 0. The van der Waals surface area contributed by atoms with Gasteiger partial charge in [0, 0.05) is 49.6 Å². The molecule has 2 rings (SSSR count). The van der Waals surface area contributed by atoms with E-state index in [-0.39, 0.29) is 49.6 Å². The van der Waals surface area contributed by atoms with Crippen molar-refractivity contribution in [1.29, 1.82) is 0 Å². The fourth-order valence-corrected chi connectivity index (χ4v) is 1.68. The first-order valence-corrected chi connectivity index (χ1v) is 6.29. The summed E-state index contributed by atoms with van der Waals surface area (Å²) in [5.74, 6) is -6.07. The minimum atomic E-state index is -1.52. The fraction of sp³-hybridized carbons (Fsp3) is 0. The van der Waals surface area contributed by atoms with Crippen molar-refractivity contribution in [2.45, 2.75) is 0 Å². The van der Waals surface area contributed by atoms with Crippen LogP contribution in [0.4, 0.5) is 0 Å². The van der Waals surface area contributed by atoms with E-state index >= 15 is 0 Å². The smallest absolute Gasteiger partial charge is 0.0721 e. The average molecular weight is 535 g/mol. The Morgan fingerprint density at radius 3 is 0.760 bits per heavy atom. The van der Waals surface area contributed by atoms with E-state index < -0.39 is 23.9 Å². The summed E-state index contributed by atoms with van der Waals surface area (Å²) >= 11 is 0. The van der Waals surface area contributed by atoms with Crippen LogP contribution in [0.15, 0.2) is 48.5 Å². The first-order valence-electron chi connectivity index (χ1n) is 6.29. The van der Waals surface area contributed by atoms with Crippen molar-refractivity contribution in [2.75, 3.05) is 0 Å². The number of carbonyl (C=O) groups is 4. The van der Waals surface area contributed by atoms with E-state index in [0.717, 1.165) is 24.3 Å². The van der Waals surface area contributed by atoms with Crippen LogP contribution < -0.4 is 20.4 Å². The standard InChI is InChI=1S/2C8H6O4.Pb/c2*9-7(10)5-3-1-2-4-6(5)8(11)12;/h2*1-4H,(H,9,10)(H,11,12);/p-4. The van der Waals surface area contributed by atoms with Crippen molar-refractivity contribution in [1.82, 2.24) is 0 Å². The summed E-state index contributed by atoms with van der Waals surface area (Å²) in [6.07, 6.45) is 0. The topological polar surface area (TPSA) is 161 Å². The average Bonchev–Trinajstić information content (AvgIpc) is 2.55. The van der Waals surface area contributed by atoms with Gasteiger partial charge in [-0.15, -0.1) is 0 Å². The SMILES string of the molecule is O=C([O-])c1ccccc1C(=O)[O-].O=C([O-])c1ccccc1C(=O)[O-].[Pb]. The summed E-state index contributed by atoms with van der Waals surface area (Å²) in [5.41, 5.74) is -1.45. The Morgan fingerprint density at radius 2 is 0.640 bits per heavy atom. The summed E-state index contributed by atoms with van der Waals surface area (Å²) < 4.78 is 0. The third-order valence-corrected chi connectivity index (χ3v) is 2.73. The predicted molar refractivity (Wildman–Crippen MR) is 76.0 cm³/mol. The molecule has 0 amide bonds. The molecule has 0 unspecified atom stereocenters. The van der Waals surface area contributed by atoms with Gasteiger partial charge in [0.25, 0.3) is 0 Å². The van der Waals surface area contributed by atoms with Crippen LogP contribution in [0, 0.1) is 0 Å². The maximum Gasteiger partial charge on any atom is 0.0721 e. The van der Waals surface area contributed by atoms with Gasteiger partial charge >= 0.3 is 0 Å². The monoisotopic (exact) mass is 536 g/mol. The molecule has 0 bridgehead atoms. The van der Waals surface area contributed by atoms with Crippen LogP contribution >= 0.6 is 0 Å². The maximum atomic E-state index is 10.3. The molecule has 0 heterocycles. The van der Waals surface area contributed by atoms with Crippen molar-refractivity contribution in [3.63, 3.8) is 0 Å². The van der Waals surface area contributed by atoms with Crippen LogP contribution in [0.1, 0.15) is 41.4 Å². The molecule has 0 atom stereocenters. The number of aromatic carboxylic acids is 4. The van der Waals surface area contributed by atoms with E-state index in [1.165, 1.54) is 24.3 Å². The molecule has 4 radical (unpaired) electrons. The zero-order valence-corrected chi connectivity index (χ0v) is 16.3. The van der Waals surface area contributed by atoms with Crippen LogP contribution in [0.3, 0.4) is 0 Å². The second kappa shape index (κ2) is 10.2. The Balaban J connectivity index is 0.000000443. The van der Waals surface area contributed by atoms with Gasteiger partial charge < -0.3 is 39.6 Å². The van der Waals surface area contributed by atoms with Gasteiger partial charge in [0.15, 0.2) is 0 Å². The number of hydrogen-bond acceptors (Lipinski definition) is 8. The molecule has 25 heavy (non-hydrogen) atoms. The molecule has 0 spiro atoms. The molecule has 9 heteroatoms. The minimum Gasteiger partial charge on any atom is -0.545 e. The number of rotatable bonds is 4. The predicted octanol–water partition coefficient (Wildman–Crippen LogP) is -3.55. The second-order valence-electron chi connectivity index (χ2n) is 4.24. The van der Waals surface area contributed by atoms with Gasteiger partial charge in [0.1, 0.15) is 0 Å². The van der Waals surface area contributed by atoms with E-state index in [0.29, 0.717) is 0 Å². The Morgan fingerprint density at radius 1 is 0.480 bits per heavy atom. The zero-order chi connectivity index (χ0) is 18.3. The van der Waals surface area contributed by atoms with Gasteiger partial charge in [-0.3, -0.25) is 0 Å². The van der Waals surface area contributed by atoms with Crippen LogP contribution in [-0.2, 0) is 0 Å². The van der Waals surface area contributed by atoms with Crippen molar-refractivity contribution in [3.05, 3.63) is 70.8 Å².